The van der Waals surface area contributed by atoms with Crippen LogP contribution in [0.5, 0.6) is 0 Å². The molecule has 0 radical (unpaired) electrons. The highest BCUT2D eigenvalue weighted by atomic mass is 16.2. The van der Waals surface area contributed by atoms with E-state index in [4.69, 9.17) is 0 Å². The van der Waals surface area contributed by atoms with Crippen LogP contribution in [-0.2, 0) is 11.2 Å². The number of amides is 2. The molecule has 1 atom stereocenters. The second-order valence-electron chi connectivity index (χ2n) is 5.71. The van der Waals surface area contributed by atoms with Gasteiger partial charge in [0.25, 0.3) is 5.91 Å². The molecule has 0 fully saturated rings. The van der Waals surface area contributed by atoms with E-state index in [0.29, 0.717) is 18.5 Å². The molecular weight excluding hydrogens is 316 g/mol. The summed E-state index contributed by atoms with van der Waals surface area (Å²) in [6, 6.07) is 12.4. The number of hydrogen-bond donors (Lipinski definition) is 3. The van der Waals surface area contributed by atoms with Crippen LogP contribution in [0.4, 0.5) is 0 Å². The van der Waals surface area contributed by atoms with E-state index < -0.39 is 6.04 Å². The highest BCUT2D eigenvalue weighted by Gasteiger charge is 2.21. The summed E-state index contributed by atoms with van der Waals surface area (Å²) in [7, 11) is 1.87. The molecule has 3 N–H and O–H groups in total. The molecule has 0 spiro atoms. The van der Waals surface area contributed by atoms with Gasteiger partial charge in [-0.1, -0.05) is 30.3 Å². The van der Waals surface area contributed by atoms with Crippen molar-refractivity contribution < 1.29 is 9.59 Å². The first-order valence-corrected chi connectivity index (χ1v) is 8.38. The normalized spacial score (nSPS) is 11.6. The Hall–Kier alpha value is -2.73. The summed E-state index contributed by atoms with van der Waals surface area (Å²) in [6.45, 7) is 1.39. The van der Waals surface area contributed by atoms with Gasteiger partial charge in [-0.05, 0) is 37.7 Å². The van der Waals surface area contributed by atoms with Crippen LogP contribution in [0.3, 0.4) is 0 Å². The van der Waals surface area contributed by atoms with Crippen LogP contribution < -0.4 is 16.0 Å². The molecule has 6 heteroatoms. The van der Waals surface area contributed by atoms with E-state index >= 15 is 0 Å². The molecule has 0 aliphatic carbocycles. The standard InChI is InChI=1S/C19H24N4O2/c1-20-10-6-12-22-19(25)17(13-15-7-3-2-4-8-15)23-18(24)16-9-5-11-21-14-16/h2-5,7-9,11,14,17,20H,6,10,12-13H2,1H3,(H,22,25)(H,23,24). The summed E-state index contributed by atoms with van der Waals surface area (Å²) in [5.41, 5.74) is 1.42. The Kier molecular flexibility index (Phi) is 7.59. The fraction of sp³-hybridized carbons (Fsp3) is 0.316. The molecule has 1 heterocycles. The van der Waals surface area contributed by atoms with E-state index in [1.807, 2.05) is 37.4 Å². The van der Waals surface area contributed by atoms with Gasteiger partial charge in [0.05, 0.1) is 5.56 Å². The number of hydrogen-bond acceptors (Lipinski definition) is 4. The highest BCUT2D eigenvalue weighted by Crippen LogP contribution is 2.05. The van der Waals surface area contributed by atoms with Gasteiger partial charge in [0.2, 0.25) is 5.91 Å². The molecule has 2 aromatic rings. The smallest absolute Gasteiger partial charge is 0.253 e. The maximum atomic E-state index is 12.5. The third kappa shape index (κ3) is 6.35. The molecule has 1 aromatic carbocycles. The van der Waals surface area contributed by atoms with E-state index in [1.54, 1.807) is 18.3 Å². The maximum Gasteiger partial charge on any atom is 0.253 e. The molecule has 1 unspecified atom stereocenters. The zero-order valence-corrected chi connectivity index (χ0v) is 14.4. The van der Waals surface area contributed by atoms with Crippen molar-refractivity contribution in [1.29, 1.82) is 0 Å². The fourth-order valence-corrected chi connectivity index (χ4v) is 2.40. The van der Waals surface area contributed by atoms with Crippen LogP contribution in [0.2, 0.25) is 0 Å². The number of benzene rings is 1. The highest BCUT2D eigenvalue weighted by molar-refractivity contribution is 5.97. The first-order valence-electron chi connectivity index (χ1n) is 8.38. The van der Waals surface area contributed by atoms with Gasteiger partial charge in [-0.25, -0.2) is 0 Å². The maximum absolute atomic E-state index is 12.5. The van der Waals surface area contributed by atoms with Crippen LogP contribution >= 0.6 is 0 Å². The summed E-state index contributed by atoms with van der Waals surface area (Å²) in [6.07, 6.45) is 4.36. The van der Waals surface area contributed by atoms with E-state index in [1.165, 1.54) is 6.20 Å². The van der Waals surface area contributed by atoms with Crippen LogP contribution in [0, 0.1) is 0 Å². The van der Waals surface area contributed by atoms with E-state index in [2.05, 4.69) is 20.9 Å². The van der Waals surface area contributed by atoms with Gasteiger partial charge in [-0.15, -0.1) is 0 Å². The Morgan fingerprint density at radius 3 is 2.56 bits per heavy atom. The van der Waals surface area contributed by atoms with Crippen molar-refractivity contribution >= 4 is 11.8 Å². The van der Waals surface area contributed by atoms with Crippen LogP contribution in [-0.4, -0.2) is 43.0 Å². The molecule has 0 saturated heterocycles. The minimum atomic E-state index is -0.635. The third-order valence-electron chi connectivity index (χ3n) is 3.73. The number of nitrogens with zero attached hydrogens (tertiary/aromatic N) is 1. The van der Waals surface area contributed by atoms with Gasteiger partial charge >= 0.3 is 0 Å². The van der Waals surface area contributed by atoms with Crippen molar-refractivity contribution in [2.24, 2.45) is 0 Å². The Labute approximate surface area is 148 Å². The van der Waals surface area contributed by atoms with Crippen LogP contribution in [0.15, 0.2) is 54.9 Å². The summed E-state index contributed by atoms with van der Waals surface area (Å²) in [5, 5.41) is 8.74. The minimum Gasteiger partial charge on any atom is -0.354 e. The molecule has 6 nitrogen and oxygen atoms in total. The second kappa shape index (κ2) is 10.2. The summed E-state index contributed by atoms with van der Waals surface area (Å²) >= 11 is 0. The van der Waals surface area contributed by atoms with Crippen molar-refractivity contribution in [2.75, 3.05) is 20.1 Å². The number of carbonyl (C=O) groups excluding carboxylic acids is 2. The number of nitrogens with one attached hydrogen (secondary N) is 3. The van der Waals surface area contributed by atoms with E-state index in [0.717, 1.165) is 18.5 Å². The lowest BCUT2D eigenvalue weighted by Gasteiger charge is -2.19. The largest absolute Gasteiger partial charge is 0.354 e. The van der Waals surface area contributed by atoms with Crippen molar-refractivity contribution in [3.05, 3.63) is 66.0 Å². The van der Waals surface area contributed by atoms with Gasteiger partial charge in [-0.3, -0.25) is 14.6 Å². The molecule has 2 rings (SSSR count). The van der Waals surface area contributed by atoms with Crippen LogP contribution in [0.1, 0.15) is 22.3 Å². The molecule has 0 saturated carbocycles. The van der Waals surface area contributed by atoms with E-state index in [9.17, 15) is 9.59 Å². The predicted octanol–water partition coefficient (Wildman–Crippen LogP) is 1.15. The summed E-state index contributed by atoms with van der Waals surface area (Å²) in [5.74, 6) is -0.489. The molecular formula is C19H24N4O2. The lowest BCUT2D eigenvalue weighted by Crippen LogP contribution is -2.48. The topological polar surface area (TPSA) is 83.1 Å². The summed E-state index contributed by atoms with van der Waals surface area (Å²) in [4.78, 5) is 28.8. The Morgan fingerprint density at radius 2 is 1.88 bits per heavy atom. The molecule has 1 aromatic heterocycles. The van der Waals surface area contributed by atoms with Crippen LogP contribution in [0.25, 0.3) is 0 Å². The minimum absolute atomic E-state index is 0.183. The molecule has 0 bridgehead atoms. The average molecular weight is 340 g/mol. The van der Waals surface area contributed by atoms with Gasteiger partial charge in [0, 0.05) is 25.4 Å². The summed E-state index contributed by atoms with van der Waals surface area (Å²) < 4.78 is 0. The number of carbonyl (C=O) groups is 2. The fourth-order valence-electron chi connectivity index (χ4n) is 2.40. The predicted molar refractivity (Wildman–Crippen MR) is 97.2 cm³/mol. The van der Waals surface area contributed by atoms with Crippen molar-refractivity contribution in [1.82, 2.24) is 20.9 Å². The second-order valence-corrected chi connectivity index (χ2v) is 5.71. The first-order chi connectivity index (χ1) is 12.2. The average Bonchev–Trinajstić information content (AvgIpc) is 2.66. The number of pyridine rings is 1. The Balaban J connectivity index is 2.03. The lowest BCUT2D eigenvalue weighted by molar-refractivity contribution is -0.122. The SMILES string of the molecule is CNCCCNC(=O)C(Cc1ccccc1)NC(=O)c1cccnc1. The first kappa shape index (κ1) is 18.6. The van der Waals surface area contributed by atoms with Crippen molar-refractivity contribution in [2.45, 2.75) is 18.9 Å². The van der Waals surface area contributed by atoms with Gasteiger partial charge in [0.15, 0.2) is 0 Å². The lowest BCUT2D eigenvalue weighted by atomic mass is 10.0. The van der Waals surface area contributed by atoms with E-state index in [-0.39, 0.29) is 11.8 Å². The third-order valence-corrected chi connectivity index (χ3v) is 3.73. The molecule has 0 aliphatic heterocycles. The van der Waals surface area contributed by atoms with Crippen molar-refractivity contribution in [3.63, 3.8) is 0 Å². The molecule has 132 valence electrons. The van der Waals surface area contributed by atoms with Gasteiger partial charge in [0.1, 0.15) is 6.04 Å². The molecule has 25 heavy (non-hydrogen) atoms. The van der Waals surface area contributed by atoms with Crippen molar-refractivity contribution in [3.8, 4) is 0 Å². The quantitative estimate of drug-likeness (QED) is 0.598. The number of rotatable bonds is 9. The van der Waals surface area contributed by atoms with Gasteiger partial charge < -0.3 is 16.0 Å². The number of aromatic nitrogens is 1. The molecule has 2 amide bonds. The molecule has 0 aliphatic rings. The zero-order chi connectivity index (χ0) is 17.9. The monoisotopic (exact) mass is 340 g/mol. The zero-order valence-electron chi connectivity index (χ0n) is 14.4. The van der Waals surface area contributed by atoms with Gasteiger partial charge in [-0.2, -0.15) is 0 Å². The Morgan fingerprint density at radius 1 is 1.08 bits per heavy atom. The Bertz CT molecular complexity index is 662.